The normalized spacial score (nSPS) is 11.4. The molecular formula is C10H14ClO4P. The van der Waals surface area contributed by atoms with Crippen molar-refractivity contribution in [1.29, 1.82) is 0 Å². The van der Waals surface area contributed by atoms with Gasteiger partial charge in [-0.3, -0.25) is 9.05 Å². The molecule has 0 radical (unpaired) electrons. The highest BCUT2D eigenvalue weighted by molar-refractivity contribution is 7.48. The van der Waals surface area contributed by atoms with E-state index in [1.165, 1.54) is 0 Å². The molecule has 0 aliphatic carbocycles. The molecule has 0 fully saturated rings. The highest BCUT2D eigenvalue weighted by Crippen LogP contribution is 2.50. The molecule has 0 aliphatic heterocycles. The number of hydrogen-bond acceptors (Lipinski definition) is 4. The largest absolute Gasteiger partial charge is 0.530 e. The zero-order valence-electron chi connectivity index (χ0n) is 9.18. The van der Waals surface area contributed by atoms with Gasteiger partial charge < -0.3 is 4.52 Å². The SMILES string of the molecule is CCOP(=O)(OCC)Oc1ccccc1Cl. The second-order valence-corrected chi connectivity index (χ2v) is 4.81. The van der Waals surface area contributed by atoms with Crippen LogP contribution in [-0.2, 0) is 13.6 Å². The molecule has 0 aliphatic rings. The molecule has 0 unspecified atom stereocenters. The van der Waals surface area contributed by atoms with Crippen LogP contribution in [0.5, 0.6) is 5.75 Å². The van der Waals surface area contributed by atoms with Crippen molar-refractivity contribution in [3.05, 3.63) is 29.3 Å². The average Bonchev–Trinajstić information content (AvgIpc) is 2.22. The number of phosphoric ester groups is 1. The lowest BCUT2D eigenvalue weighted by molar-refractivity contribution is 0.167. The lowest BCUT2D eigenvalue weighted by Crippen LogP contribution is -2.02. The second kappa shape index (κ2) is 6.26. The number of para-hydroxylation sites is 1. The summed E-state index contributed by atoms with van der Waals surface area (Å²) >= 11 is 5.87. The van der Waals surface area contributed by atoms with Gasteiger partial charge in [-0.05, 0) is 26.0 Å². The van der Waals surface area contributed by atoms with Gasteiger partial charge in [-0.25, -0.2) is 4.57 Å². The Balaban J connectivity index is 2.83. The molecule has 1 aromatic rings. The minimum atomic E-state index is -3.55. The maximum absolute atomic E-state index is 12.0. The third-order valence-electron chi connectivity index (χ3n) is 1.62. The standard InChI is InChI=1S/C10H14ClO4P/c1-3-13-16(12,14-4-2)15-10-8-6-5-7-9(10)11/h5-8H,3-4H2,1-2H3. The summed E-state index contributed by atoms with van der Waals surface area (Å²) in [5, 5.41) is 0.363. The first kappa shape index (κ1) is 13.5. The quantitative estimate of drug-likeness (QED) is 0.731. The fourth-order valence-corrected chi connectivity index (χ4v) is 2.49. The van der Waals surface area contributed by atoms with Gasteiger partial charge in [0.05, 0.1) is 18.2 Å². The molecule has 0 heterocycles. The summed E-state index contributed by atoms with van der Waals surface area (Å²) in [5.74, 6) is 0.286. The van der Waals surface area contributed by atoms with E-state index in [1.807, 2.05) is 0 Å². The third kappa shape index (κ3) is 3.80. The van der Waals surface area contributed by atoms with Crippen LogP contribution in [-0.4, -0.2) is 13.2 Å². The first-order chi connectivity index (χ1) is 7.61. The van der Waals surface area contributed by atoms with E-state index >= 15 is 0 Å². The summed E-state index contributed by atoms with van der Waals surface area (Å²) in [6.45, 7) is 3.90. The van der Waals surface area contributed by atoms with E-state index < -0.39 is 7.82 Å². The van der Waals surface area contributed by atoms with Gasteiger partial charge in [0.25, 0.3) is 0 Å². The summed E-state index contributed by atoms with van der Waals surface area (Å²) < 4.78 is 27.2. The van der Waals surface area contributed by atoms with Gasteiger partial charge in [0.1, 0.15) is 5.75 Å². The Kier molecular flexibility index (Phi) is 5.29. The highest BCUT2D eigenvalue weighted by atomic mass is 35.5. The van der Waals surface area contributed by atoms with Crippen molar-refractivity contribution in [3.63, 3.8) is 0 Å². The molecule has 16 heavy (non-hydrogen) atoms. The van der Waals surface area contributed by atoms with Gasteiger partial charge in [0, 0.05) is 0 Å². The van der Waals surface area contributed by atoms with E-state index in [9.17, 15) is 4.57 Å². The Morgan fingerprint density at radius 2 is 1.75 bits per heavy atom. The summed E-state index contributed by atoms with van der Waals surface area (Å²) in [5.41, 5.74) is 0. The summed E-state index contributed by atoms with van der Waals surface area (Å²) in [6, 6.07) is 6.72. The van der Waals surface area contributed by atoms with Crippen molar-refractivity contribution < 1.29 is 18.1 Å². The fourth-order valence-electron chi connectivity index (χ4n) is 1.05. The predicted molar refractivity (Wildman–Crippen MR) is 62.9 cm³/mol. The number of benzene rings is 1. The Bertz CT molecular complexity index is 373. The highest BCUT2D eigenvalue weighted by Gasteiger charge is 2.27. The molecule has 0 aromatic heterocycles. The first-order valence-corrected chi connectivity index (χ1v) is 6.78. The Morgan fingerprint density at radius 1 is 1.19 bits per heavy atom. The fraction of sp³-hybridized carbons (Fsp3) is 0.400. The maximum Gasteiger partial charge on any atom is 0.530 e. The summed E-state index contributed by atoms with van der Waals surface area (Å²) in [7, 11) is -3.55. The van der Waals surface area contributed by atoms with Crippen molar-refractivity contribution in [2.24, 2.45) is 0 Å². The molecule has 1 rings (SSSR count). The van der Waals surface area contributed by atoms with Crippen molar-refractivity contribution in [3.8, 4) is 5.75 Å². The predicted octanol–water partition coefficient (Wildman–Crippen LogP) is 3.90. The molecule has 1 aromatic carbocycles. The topological polar surface area (TPSA) is 44.8 Å². The van der Waals surface area contributed by atoms with Crippen LogP contribution in [0.2, 0.25) is 5.02 Å². The molecule has 90 valence electrons. The molecule has 6 heteroatoms. The smallest absolute Gasteiger partial charge is 0.402 e. The van der Waals surface area contributed by atoms with Crippen LogP contribution in [0.25, 0.3) is 0 Å². The van der Waals surface area contributed by atoms with Crippen molar-refractivity contribution >= 4 is 19.4 Å². The van der Waals surface area contributed by atoms with Gasteiger partial charge in [0.15, 0.2) is 0 Å². The molecular weight excluding hydrogens is 251 g/mol. The van der Waals surface area contributed by atoms with Gasteiger partial charge in [-0.1, -0.05) is 23.7 Å². The minimum absolute atomic E-state index is 0.238. The van der Waals surface area contributed by atoms with Crippen LogP contribution in [0.15, 0.2) is 24.3 Å². The Morgan fingerprint density at radius 3 is 2.25 bits per heavy atom. The number of halogens is 1. The molecule has 0 bridgehead atoms. The van der Waals surface area contributed by atoms with Gasteiger partial charge in [-0.15, -0.1) is 0 Å². The van der Waals surface area contributed by atoms with Crippen molar-refractivity contribution in [2.75, 3.05) is 13.2 Å². The zero-order valence-corrected chi connectivity index (χ0v) is 10.8. The number of hydrogen-bond donors (Lipinski definition) is 0. The molecule has 4 nitrogen and oxygen atoms in total. The average molecular weight is 265 g/mol. The van der Waals surface area contributed by atoms with E-state index in [4.69, 9.17) is 25.2 Å². The molecule has 0 amide bonds. The van der Waals surface area contributed by atoms with E-state index in [2.05, 4.69) is 0 Å². The van der Waals surface area contributed by atoms with Gasteiger partial charge in [-0.2, -0.15) is 0 Å². The molecule has 0 N–H and O–H groups in total. The minimum Gasteiger partial charge on any atom is -0.402 e. The lowest BCUT2D eigenvalue weighted by Gasteiger charge is -2.17. The first-order valence-electron chi connectivity index (χ1n) is 4.94. The lowest BCUT2D eigenvalue weighted by atomic mass is 10.3. The molecule has 0 atom stereocenters. The van der Waals surface area contributed by atoms with Crippen LogP contribution < -0.4 is 4.52 Å². The summed E-state index contributed by atoms with van der Waals surface area (Å²) in [4.78, 5) is 0. The molecule has 0 saturated heterocycles. The number of rotatable bonds is 6. The van der Waals surface area contributed by atoms with Gasteiger partial charge >= 0.3 is 7.82 Å². The number of phosphoric acid groups is 1. The second-order valence-electron chi connectivity index (χ2n) is 2.80. The van der Waals surface area contributed by atoms with Crippen LogP contribution in [0.4, 0.5) is 0 Å². The van der Waals surface area contributed by atoms with E-state index in [0.717, 1.165) is 0 Å². The van der Waals surface area contributed by atoms with Crippen LogP contribution in [0.3, 0.4) is 0 Å². The Hall–Kier alpha value is -0.540. The summed E-state index contributed by atoms with van der Waals surface area (Å²) in [6.07, 6.45) is 0. The third-order valence-corrected chi connectivity index (χ3v) is 3.50. The van der Waals surface area contributed by atoms with E-state index in [-0.39, 0.29) is 19.0 Å². The van der Waals surface area contributed by atoms with Crippen molar-refractivity contribution in [2.45, 2.75) is 13.8 Å². The van der Waals surface area contributed by atoms with Crippen LogP contribution in [0, 0.1) is 0 Å². The maximum atomic E-state index is 12.0. The van der Waals surface area contributed by atoms with Crippen LogP contribution >= 0.6 is 19.4 Å². The van der Waals surface area contributed by atoms with E-state index in [1.54, 1.807) is 38.1 Å². The van der Waals surface area contributed by atoms with Crippen LogP contribution in [0.1, 0.15) is 13.8 Å². The Labute approximate surface area is 100 Å². The van der Waals surface area contributed by atoms with E-state index in [0.29, 0.717) is 5.02 Å². The molecule has 0 spiro atoms. The van der Waals surface area contributed by atoms with Gasteiger partial charge in [0.2, 0.25) is 0 Å². The van der Waals surface area contributed by atoms with Crippen molar-refractivity contribution in [1.82, 2.24) is 0 Å². The monoisotopic (exact) mass is 264 g/mol. The molecule has 0 saturated carbocycles. The zero-order chi connectivity index (χ0) is 12.0.